The number of thioether (sulfide) groups is 1. The van der Waals surface area contributed by atoms with Gasteiger partial charge in [-0.2, -0.15) is 0 Å². The van der Waals surface area contributed by atoms with E-state index in [1.807, 2.05) is 30.3 Å². The molecule has 28 heavy (non-hydrogen) atoms. The Morgan fingerprint density at radius 3 is 2.50 bits per heavy atom. The number of rotatable bonds is 7. The molecule has 0 radical (unpaired) electrons. The zero-order valence-electron chi connectivity index (χ0n) is 15.4. The third-order valence-electron chi connectivity index (χ3n) is 3.90. The van der Waals surface area contributed by atoms with Gasteiger partial charge in [0.15, 0.2) is 23.9 Å². The van der Waals surface area contributed by atoms with Crippen molar-refractivity contribution in [3.63, 3.8) is 0 Å². The largest absolute Gasteiger partial charge is 0.455 e. The lowest BCUT2D eigenvalue weighted by Crippen LogP contribution is -2.25. The Bertz CT molecular complexity index is 899. The lowest BCUT2D eigenvalue weighted by atomic mass is 10.1. The molecule has 1 aliphatic rings. The molecule has 0 spiro atoms. The fourth-order valence-corrected chi connectivity index (χ4v) is 3.42. The van der Waals surface area contributed by atoms with E-state index in [1.165, 1.54) is 30.8 Å². The standard InChI is InChI=1S/C20H19NO6S/c1-12(22)15-8-17-18(27-11-26-17)9-16(15)21-19(23)10-25-20(24)13(2)28-14-6-4-3-5-7-14/h3-9,13H,10-11H2,1-2H3,(H,21,23)/t13-/m1/s1. The Kier molecular flexibility index (Phi) is 6.20. The van der Waals surface area contributed by atoms with Crippen molar-refractivity contribution >= 4 is 35.1 Å². The van der Waals surface area contributed by atoms with Crippen LogP contribution in [0.3, 0.4) is 0 Å². The fourth-order valence-electron chi connectivity index (χ4n) is 2.53. The van der Waals surface area contributed by atoms with Gasteiger partial charge in [-0.05, 0) is 32.0 Å². The summed E-state index contributed by atoms with van der Waals surface area (Å²) in [5.74, 6) is -0.404. The van der Waals surface area contributed by atoms with Crippen molar-refractivity contribution in [3.8, 4) is 11.5 Å². The van der Waals surface area contributed by atoms with Crippen LogP contribution in [0.5, 0.6) is 11.5 Å². The van der Waals surface area contributed by atoms with Gasteiger partial charge in [-0.1, -0.05) is 18.2 Å². The van der Waals surface area contributed by atoms with Crippen LogP contribution in [-0.2, 0) is 14.3 Å². The van der Waals surface area contributed by atoms with Crippen LogP contribution in [0, 0.1) is 0 Å². The summed E-state index contributed by atoms with van der Waals surface area (Å²) in [4.78, 5) is 37.1. The molecule has 0 fully saturated rings. The number of carbonyl (C=O) groups excluding carboxylic acids is 3. The summed E-state index contributed by atoms with van der Waals surface area (Å²) in [5, 5.41) is 2.12. The van der Waals surface area contributed by atoms with Gasteiger partial charge in [-0.25, -0.2) is 0 Å². The molecule has 2 aromatic carbocycles. The van der Waals surface area contributed by atoms with Gasteiger partial charge in [-0.15, -0.1) is 11.8 Å². The van der Waals surface area contributed by atoms with Crippen molar-refractivity contribution in [2.75, 3.05) is 18.7 Å². The zero-order chi connectivity index (χ0) is 20.1. The number of ether oxygens (including phenoxy) is 3. The van der Waals surface area contributed by atoms with Gasteiger partial charge in [0.1, 0.15) is 5.25 Å². The van der Waals surface area contributed by atoms with Crippen LogP contribution >= 0.6 is 11.8 Å². The van der Waals surface area contributed by atoms with Crippen LogP contribution in [0.2, 0.25) is 0 Å². The van der Waals surface area contributed by atoms with Gasteiger partial charge in [0.2, 0.25) is 6.79 Å². The summed E-state index contributed by atoms with van der Waals surface area (Å²) >= 11 is 1.35. The second kappa shape index (κ2) is 8.79. The van der Waals surface area contributed by atoms with Gasteiger partial charge in [0.25, 0.3) is 5.91 Å². The monoisotopic (exact) mass is 401 g/mol. The zero-order valence-corrected chi connectivity index (χ0v) is 16.2. The summed E-state index contributed by atoms with van der Waals surface area (Å²) in [6.07, 6.45) is 0. The quantitative estimate of drug-likeness (QED) is 0.432. The third kappa shape index (κ3) is 4.83. The Morgan fingerprint density at radius 1 is 1.14 bits per heavy atom. The molecular weight excluding hydrogens is 382 g/mol. The molecule has 1 aliphatic heterocycles. The van der Waals surface area contributed by atoms with Crippen molar-refractivity contribution in [1.29, 1.82) is 0 Å². The summed E-state index contributed by atoms with van der Waals surface area (Å²) in [5.41, 5.74) is 0.571. The first-order chi connectivity index (χ1) is 13.4. The molecule has 7 nitrogen and oxygen atoms in total. The SMILES string of the molecule is CC(=O)c1cc2c(cc1NC(=O)COC(=O)[C@@H](C)Sc1ccccc1)OCO2. The molecule has 0 unspecified atom stereocenters. The number of hydrogen-bond acceptors (Lipinski definition) is 7. The molecule has 0 aromatic heterocycles. The van der Waals surface area contributed by atoms with Crippen LogP contribution in [-0.4, -0.2) is 36.3 Å². The number of benzene rings is 2. The summed E-state index contributed by atoms with van der Waals surface area (Å²) in [6.45, 7) is 2.70. The van der Waals surface area contributed by atoms with E-state index in [-0.39, 0.29) is 23.8 Å². The maximum absolute atomic E-state index is 12.2. The van der Waals surface area contributed by atoms with E-state index in [9.17, 15) is 14.4 Å². The molecule has 0 saturated carbocycles. The molecule has 1 N–H and O–H groups in total. The third-order valence-corrected chi connectivity index (χ3v) is 4.99. The van der Waals surface area contributed by atoms with E-state index in [1.54, 1.807) is 6.92 Å². The molecule has 3 rings (SSSR count). The molecule has 1 heterocycles. The number of anilines is 1. The minimum atomic E-state index is -0.549. The van der Waals surface area contributed by atoms with E-state index >= 15 is 0 Å². The van der Waals surface area contributed by atoms with Gasteiger partial charge in [0, 0.05) is 16.5 Å². The first kappa shape index (κ1) is 19.8. The first-order valence-corrected chi connectivity index (χ1v) is 9.45. The van der Waals surface area contributed by atoms with Crippen molar-refractivity contribution in [2.24, 2.45) is 0 Å². The van der Waals surface area contributed by atoms with E-state index < -0.39 is 23.7 Å². The number of nitrogens with one attached hydrogen (secondary N) is 1. The van der Waals surface area contributed by atoms with E-state index in [0.29, 0.717) is 11.5 Å². The van der Waals surface area contributed by atoms with Gasteiger partial charge in [-0.3, -0.25) is 14.4 Å². The number of amides is 1. The Hall–Kier alpha value is -3.00. The van der Waals surface area contributed by atoms with Crippen LogP contribution in [0.4, 0.5) is 5.69 Å². The predicted octanol–water partition coefficient (Wildman–Crippen LogP) is 3.28. The minimum Gasteiger partial charge on any atom is -0.455 e. The minimum absolute atomic E-state index is 0.0542. The maximum atomic E-state index is 12.2. The molecule has 0 aliphatic carbocycles. The topological polar surface area (TPSA) is 90.9 Å². The molecule has 8 heteroatoms. The summed E-state index contributed by atoms with van der Waals surface area (Å²) < 4.78 is 15.6. The fraction of sp³-hybridized carbons (Fsp3) is 0.250. The van der Waals surface area contributed by atoms with E-state index in [0.717, 1.165) is 4.90 Å². The van der Waals surface area contributed by atoms with E-state index in [2.05, 4.69) is 5.32 Å². The van der Waals surface area contributed by atoms with Crippen molar-refractivity contribution in [3.05, 3.63) is 48.0 Å². The number of fused-ring (bicyclic) bond motifs is 1. The normalized spacial score (nSPS) is 12.9. The number of esters is 1. The van der Waals surface area contributed by atoms with Gasteiger partial charge >= 0.3 is 5.97 Å². The van der Waals surface area contributed by atoms with Crippen LogP contribution in [0.1, 0.15) is 24.2 Å². The molecule has 1 atom stereocenters. The Morgan fingerprint density at radius 2 is 1.82 bits per heavy atom. The van der Waals surface area contributed by atoms with E-state index in [4.69, 9.17) is 14.2 Å². The average molecular weight is 401 g/mol. The summed E-state index contributed by atoms with van der Waals surface area (Å²) in [7, 11) is 0. The molecule has 2 aromatic rings. The Labute approximate surface area is 166 Å². The number of hydrogen-bond donors (Lipinski definition) is 1. The molecule has 1 amide bonds. The highest BCUT2D eigenvalue weighted by Crippen LogP contribution is 2.37. The number of carbonyl (C=O) groups is 3. The predicted molar refractivity (Wildman–Crippen MR) is 104 cm³/mol. The first-order valence-electron chi connectivity index (χ1n) is 8.57. The van der Waals surface area contributed by atoms with Crippen molar-refractivity contribution in [1.82, 2.24) is 0 Å². The molecular formula is C20H19NO6S. The molecule has 0 bridgehead atoms. The average Bonchev–Trinajstić information content (AvgIpc) is 3.13. The smallest absolute Gasteiger partial charge is 0.319 e. The lowest BCUT2D eigenvalue weighted by molar-refractivity contribution is -0.146. The highest BCUT2D eigenvalue weighted by molar-refractivity contribution is 8.00. The van der Waals surface area contributed by atoms with Crippen molar-refractivity contribution in [2.45, 2.75) is 24.0 Å². The number of ketones is 1. The van der Waals surface area contributed by atoms with Gasteiger partial charge in [0.05, 0.1) is 5.69 Å². The second-order valence-corrected chi connectivity index (χ2v) is 7.45. The van der Waals surface area contributed by atoms with Crippen LogP contribution in [0.25, 0.3) is 0 Å². The molecule has 146 valence electrons. The highest BCUT2D eigenvalue weighted by atomic mass is 32.2. The number of Topliss-reactive ketones (excluding diaryl/α,β-unsaturated/α-hetero) is 1. The Balaban J connectivity index is 1.57. The maximum Gasteiger partial charge on any atom is 0.319 e. The highest BCUT2D eigenvalue weighted by Gasteiger charge is 2.21. The van der Waals surface area contributed by atoms with Gasteiger partial charge < -0.3 is 19.5 Å². The second-order valence-electron chi connectivity index (χ2n) is 6.04. The van der Waals surface area contributed by atoms with Crippen molar-refractivity contribution < 1.29 is 28.6 Å². The van der Waals surface area contributed by atoms with Crippen LogP contribution in [0.15, 0.2) is 47.4 Å². The molecule has 0 saturated heterocycles. The lowest BCUT2D eigenvalue weighted by Gasteiger charge is -2.13. The van der Waals surface area contributed by atoms with Crippen LogP contribution < -0.4 is 14.8 Å². The summed E-state index contributed by atoms with van der Waals surface area (Å²) in [6, 6.07) is 12.5.